The molecule has 4 fully saturated rings. The maximum atomic E-state index is 14.3. The highest BCUT2D eigenvalue weighted by Crippen LogP contribution is 2.31. The fourth-order valence-corrected chi connectivity index (χ4v) is 9.68. The Bertz CT molecular complexity index is 1880. The van der Waals surface area contributed by atoms with Gasteiger partial charge in [-0.25, -0.2) is 4.79 Å². The number of carbonyl (C=O) groups is 5. The van der Waals surface area contributed by atoms with E-state index in [0.717, 1.165) is 96.1 Å². The Kier molecular flexibility index (Phi) is 16.7. The number of hydrogen-bond acceptors (Lipinski definition) is 10. The fraction of sp³-hybridized carbons (Fsp3) is 0.646. The molecule has 3 heterocycles. The number of carbonyl (C=O) groups excluding carboxylic acids is 4. The quantitative estimate of drug-likeness (QED) is 0.234. The van der Waals surface area contributed by atoms with Crippen molar-refractivity contribution in [2.24, 2.45) is 11.8 Å². The van der Waals surface area contributed by atoms with Crippen LogP contribution in [-0.2, 0) is 25.7 Å². The minimum Gasteiger partial charge on any atom is -0.497 e. The van der Waals surface area contributed by atoms with E-state index in [1.54, 1.807) is 58.1 Å². The Balaban J connectivity index is 1.07. The van der Waals surface area contributed by atoms with Crippen LogP contribution in [-0.4, -0.2) is 157 Å². The van der Waals surface area contributed by atoms with Crippen LogP contribution in [0.4, 0.5) is 4.79 Å². The summed E-state index contributed by atoms with van der Waals surface area (Å²) in [4.78, 5) is 76.6. The Morgan fingerprint density at radius 2 is 1.54 bits per heavy atom. The molecule has 15 nitrogen and oxygen atoms in total. The molecule has 15 heteroatoms. The molecular weight excluding hydrogens is 805 g/mol. The average molecular weight is 875 g/mol. The summed E-state index contributed by atoms with van der Waals surface area (Å²) in [6, 6.07) is 12.3. The molecule has 3 saturated heterocycles. The predicted octanol–water partition coefficient (Wildman–Crippen LogP) is 5.47. The van der Waals surface area contributed by atoms with Crippen LogP contribution >= 0.6 is 0 Å². The molecule has 2 aromatic carbocycles. The Labute approximate surface area is 373 Å². The van der Waals surface area contributed by atoms with Crippen LogP contribution in [0.25, 0.3) is 0 Å². The van der Waals surface area contributed by atoms with Crippen molar-refractivity contribution >= 4 is 29.8 Å². The average Bonchev–Trinajstić information content (AvgIpc) is 3.28. The number of rotatable bonds is 15. The zero-order valence-electron chi connectivity index (χ0n) is 38.1. The molecular formula is C48H70N6O9. The van der Waals surface area contributed by atoms with E-state index >= 15 is 0 Å². The first-order valence-corrected chi connectivity index (χ1v) is 23.0. The molecule has 4 amide bonds. The topological polar surface area (TPSA) is 161 Å². The first-order chi connectivity index (χ1) is 30.2. The number of carboxylic acids is 1. The monoisotopic (exact) mass is 875 g/mol. The third-order valence-electron chi connectivity index (χ3n) is 13.2. The molecule has 0 bridgehead atoms. The third-order valence-corrected chi connectivity index (χ3v) is 13.2. The number of piperazine rings is 1. The molecule has 2 N–H and O–H groups in total. The van der Waals surface area contributed by atoms with Gasteiger partial charge in [0.1, 0.15) is 29.7 Å². The van der Waals surface area contributed by atoms with Gasteiger partial charge in [0, 0.05) is 68.9 Å². The van der Waals surface area contributed by atoms with Gasteiger partial charge in [0.15, 0.2) is 0 Å². The number of aliphatic carboxylic acids is 1. The van der Waals surface area contributed by atoms with Crippen molar-refractivity contribution in [2.45, 2.75) is 103 Å². The lowest BCUT2D eigenvalue weighted by Crippen LogP contribution is -2.57. The second kappa shape index (κ2) is 22.1. The number of ether oxygens (including phenoxy) is 3. The third kappa shape index (κ3) is 13.6. The van der Waals surface area contributed by atoms with Crippen molar-refractivity contribution in [3.8, 4) is 11.5 Å². The van der Waals surface area contributed by atoms with E-state index in [9.17, 15) is 24.0 Å². The second-order valence-electron chi connectivity index (χ2n) is 18.9. The Hall–Kier alpha value is -4.89. The molecule has 346 valence electrons. The van der Waals surface area contributed by atoms with E-state index in [1.165, 1.54) is 4.90 Å². The normalized spacial score (nSPS) is 20.1. The largest absolute Gasteiger partial charge is 0.497 e. The molecule has 0 aromatic heterocycles. The van der Waals surface area contributed by atoms with Crippen LogP contribution in [0, 0.1) is 11.8 Å². The highest BCUT2D eigenvalue weighted by molar-refractivity contribution is 5.98. The van der Waals surface area contributed by atoms with E-state index < -0.39 is 23.7 Å². The molecule has 2 atom stereocenters. The van der Waals surface area contributed by atoms with Crippen molar-refractivity contribution in [1.82, 2.24) is 29.8 Å². The summed E-state index contributed by atoms with van der Waals surface area (Å²) in [7, 11) is 3.12. The van der Waals surface area contributed by atoms with Gasteiger partial charge in [-0.2, -0.15) is 0 Å². The van der Waals surface area contributed by atoms with Gasteiger partial charge in [-0.3, -0.25) is 33.9 Å². The molecule has 1 saturated carbocycles. The molecule has 3 aliphatic heterocycles. The zero-order chi connectivity index (χ0) is 45.1. The van der Waals surface area contributed by atoms with E-state index in [2.05, 4.69) is 10.2 Å². The number of hydrogen-bond donors (Lipinski definition) is 2. The number of nitrogens with one attached hydrogen (secondary N) is 1. The standard InChI is InChI=1S/C48H70N6O9/c1-48(2,3)63-47(60)54(31-39-16-17-40(61-4)28-41(39)62-5)32-42(55)53-20-10-15-38(30-53)36-13-9-14-37(27-36)45(58)49-44(35-11-7-6-8-12-35)46(59)52-25-23-51(24-26-52)29-34-18-21-50(22-19-34)33-43(56)57/h9,13-14,16-17,27-28,34-35,38,44H,6-8,10-12,15,18-26,29-33H2,1-5H3,(H,49,58)(H,56,57)/t38?,44-/m1/s1. The smallest absolute Gasteiger partial charge is 0.411 e. The van der Waals surface area contributed by atoms with E-state index in [-0.39, 0.29) is 49.2 Å². The molecule has 4 aliphatic rings. The molecule has 63 heavy (non-hydrogen) atoms. The highest BCUT2D eigenvalue weighted by Gasteiger charge is 2.36. The summed E-state index contributed by atoms with van der Waals surface area (Å²) < 4.78 is 16.7. The molecule has 0 spiro atoms. The number of piperidine rings is 2. The lowest BCUT2D eigenvalue weighted by Gasteiger charge is -2.40. The molecule has 2 aromatic rings. The molecule has 1 unspecified atom stereocenters. The summed E-state index contributed by atoms with van der Waals surface area (Å²) in [6.07, 6.45) is 8.01. The van der Waals surface area contributed by atoms with Crippen LogP contribution < -0.4 is 14.8 Å². The number of nitrogens with zero attached hydrogens (tertiary/aromatic N) is 5. The molecule has 0 radical (unpaired) electrons. The first-order valence-electron chi connectivity index (χ1n) is 23.0. The van der Waals surface area contributed by atoms with E-state index in [1.807, 2.05) is 34.1 Å². The second-order valence-corrected chi connectivity index (χ2v) is 18.9. The van der Waals surface area contributed by atoms with Gasteiger partial charge >= 0.3 is 12.1 Å². The number of likely N-dealkylation sites (tertiary alicyclic amines) is 2. The van der Waals surface area contributed by atoms with Crippen LogP contribution in [0.2, 0.25) is 0 Å². The van der Waals surface area contributed by atoms with Gasteiger partial charge in [0.2, 0.25) is 11.8 Å². The number of amides is 4. The van der Waals surface area contributed by atoms with Crippen LogP contribution in [0.3, 0.4) is 0 Å². The summed E-state index contributed by atoms with van der Waals surface area (Å²) in [5, 5.41) is 12.4. The first kappa shape index (κ1) is 47.6. The number of benzene rings is 2. The predicted molar refractivity (Wildman–Crippen MR) is 239 cm³/mol. The van der Waals surface area contributed by atoms with Gasteiger partial charge in [0.25, 0.3) is 5.91 Å². The van der Waals surface area contributed by atoms with Gasteiger partial charge in [-0.1, -0.05) is 31.4 Å². The minimum atomic E-state index is -0.779. The van der Waals surface area contributed by atoms with Crippen molar-refractivity contribution in [3.05, 3.63) is 59.2 Å². The lowest BCUT2D eigenvalue weighted by molar-refractivity contribution is -0.139. The number of carboxylic acid groups (broad SMARTS) is 1. The van der Waals surface area contributed by atoms with Gasteiger partial charge in [-0.05, 0) is 114 Å². The summed E-state index contributed by atoms with van der Waals surface area (Å²) in [5.41, 5.74) is 1.39. The van der Waals surface area contributed by atoms with Crippen molar-refractivity contribution in [3.63, 3.8) is 0 Å². The zero-order valence-corrected chi connectivity index (χ0v) is 38.1. The van der Waals surface area contributed by atoms with Gasteiger partial charge in [0.05, 0.1) is 27.3 Å². The maximum absolute atomic E-state index is 14.3. The van der Waals surface area contributed by atoms with Crippen LogP contribution in [0.5, 0.6) is 11.5 Å². The van der Waals surface area contributed by atoms with Gasteiger partial charge < -0.3 is 34.4 Å². The SMILES string of the molecule is COc1ccc(CN(CC(=O)N2CCCC(c3cccc(C(=O)N[C@@H](C(=O)N4CCN(CC5CCN(CC(=O)O)CC5)CC4)C4CCCCC4)c3)C2)C(=O)OC(C)(C)C)c(OC)c1. The highest BCUT2D eigenvalue weighted by atomic mass is 16.6. The van der Waals surface area contributed by atoms with Gasteiger partial charge in [-0.15, -0.1) is 0 Å². The summed E-state index contributed by atoms with van der Waals surface area (Å²) in [6.45, 7) is 11.8. The molecule has 6 rings (SSSR count). The Morgan fingerprint density at radius 1 is 0.810 bits per heavy atom. The number of methoxy groups -OCH3 is 2. The van der Waals surface area contributed by atoms with Crippen molar-refractivity contribution < 1.29 is 43.3 Å². The molecule has 1 aliphatic carbocycles. The van der Waals surface area contributed by atoms with E-state index in [0.29, 0.717) is 54.7 Å². The van der Waals surface area contributed by atoms with Crippen molar-refractivity contribution in [2.75, 3.05) is 86.2 Å². The summed E-state index contributed by atoms with van der Waals surface area (Å²) in [5.74, 6) is 0.493. The van der Waals surface area contributed by atoms with E-state index in [4.69, 9.17) is 19.3 Å². The lowest BCUT2D eigenvalue weighted by atomic mass is 9.83. The van der Waals surface area contributed by atoms with Crippen LogP contribution in [0.1, 0.15) is 106 Å². The summed E-state index contributed by atoms with van der Waals surface area (Å²) >= 11 is 0. The maximum Gasteiger partial charge on any atom is 0.411 e. The Morgan fingerprint density at radius 3 is 2.21 bits per heavy atom. The van der Waals surface area contributed by atoms with Crippen LogP contribution in [0.15, 0.2) is 42.5 Å². The minimum absolute atomic E-state index is 0.000304. The van der Waals surface area contributed by atoms with Crippen molar-refractivity contribution in [1.29, 1.82) is 0 Å². The fourth-order valence-electron chi connectivity index (χ4n) is 9.68.